The number of nitrogens with one attached hydrogen (secondary N) is 1. The molecular formula is C26H29N3. The first-order valence-electron chi connectivity index (χ1n) is 10.3. The Morgan fingerprint density at radius 3 is 2.38 bits per heavy atom. The van der Waals surface area contributed by atoms with Gasteiger partial charge in [0.1, 0.15) is 0 Å². The van der Waals surface area contributed by atoms with Crippen LogP contribution in [0.4, 0.5) is 5.69 Å². The van der Waals surface area contributed by atoms with Gasteiger partial charge in [-0.15, -0.1) is 0 Å². The van der Waals surface area contributed by atoms with Crippen molar-refractivity contribution in [3.05, 3.63) is 95.5 Å². The third-order valence-corrected chi connectivity index (χ3v) is 6.10. The number of aryl methyl sites for hydroxylation is 3. The van der Waals surface area contributed by atoms with E-state index in [0.29, 0.717) is 5.92 Å². The number of anilines is 1. The highest BCUT2D eigenvalue weighted by Gasteiger charge is 2.25. The number of fused-ring (bicyclic) bond motifs is 1. The minimum Gasteiger partial charge on any atom is -0.358 e. The minimum absolute atomic E-state index is 0.0623. The fraction of sp³-hybridized carbons (Fsp3) is 0.269. The molecule has 3 N–H and O–H groups in total. The molecule has 2 unspecified atom stereocenters. The van der Waals surface area contributed by atoms with Crippen LogP contribution in [-0.4, -0.2) is 11.0 Å². The second-order valence-electron chi connectivity index (χ2n) is 8.17. The molecule has 0 saturated carbocycles. The second-order valence-corrected chi connectivity index (χ2v) is 8.17. The lowest BCUT2D eigenvalue weighted by molar-refractivity contribution is 0.407. The lowest BCUT2D eigenvalue weighted by Gasteiger charge is -2.30. The van der Waals surface area contributed by atoms with E-state index in [-0.39, 0.29) is 6.04 Å². The zero-order chi connectivity index (χ0) is 20.4. The maximum atomic E-state index is 6.59. The minimum atomic E-state index is -0.0623. The van der Waals surface area contributed by atoms with Crippen molar-refractivity contribution >= 4 is 5.69 Å². The molecule has 3 heteroatoms. The predicted molar refractivity (Wildman–Crippen MR) is 122 cm³/mol. The van der Waals surface area contributed by atoms with Gasteiger partial charge in [-0.3, -0.25) is 4.98 Å². The summed E-state index contributed by atoms with van der Waals surface area (Å²) in [5.41, 5.74) is 16.2. The van der Waals surface area contributed by atoms with Crippen LogP contribution in [0.3, 0.4) is 0 Å². The SMILES string of the molecule is C=C(Nc1ccc(-c2c(C)cncc2C)cc1)C(N)C1CCc2ccccc2C1. The molecule has 0 fully saturated rings. The van der Waals surface area contributed by atoms with Gasteiger partial charge >= 0.3 is 0 Å². The van der Waals surface area contributed by atoms with Gasteiger partial charge < -0.3 is 11.1 Å². The summed E-state index contributed by atoms with van der Waals surface area (Å²) < 4.78 is 0. The molecule has 1 heterocycles. The normalized spacial score (nSPS) is 16.7. The smallest absolute Gasteiger partial charge is 0.0473 e. The van der Waals surface area contributed by atoms with Crippen molar-refractivity contribution in [3.8, 4) is 11.1 Å². The van der Waals surface area contributed by atoms with Crippen LogP contribution in [0.15, 0.2) is 73.2 Å². The van der Waals surface area contributed by atoms with Crippen molar-refractivity contribution in [2.75, 3.05) is 5.32 Å². The molecule has 2 atom stereocenters. The number of nitrogens with zero attached hydrogens (tertiary/aromatic N) is 1. The highest BCUT2D eigenvalue weighted by atomic mass is 14.9. The predicted octanol–water partition coefficient (Wildman–Crippen LogP) is 5.42. The first-order valence-corrected chi connectivity index (χ1v) is 10.3. The summed E-state index contributed by atoms with van der Waals surface area (Å²) in [5.74, 6) is 0.422. The molecule has 0 spiro atoms. The van der Waals surface area contributed by atoms with E-state index in [1.165, 1.54) is 33.4 Å². The van der Waals surface area contributed by atoms with Crippen molar-refractivity contribution in [2.45, 2.75) is 39.2 Å². The number of benzene rings is 2. The van der Waals surface area contributed by atoms with Crippen molar-refractivity contribution < 1.29 is 0 Å². The molecule has 29 heavy (non-hydrogen) atoms. The zero-order valence-corrected chi connectivity index (χ0v) is 17.3. The summed E-state index contributed by atoms with van der Waals surface area (Å²) in [7, 11) is 0. The van der Waals surface area contributed by atoms with Gasteiger partial charge in [-0.1, -0.05) is 43.0 Å². The van der Waals surface area contributed by atoms with Crippen molar-refractivity contribution in [1.29, 1.82) is 0 Å². The van der Waals surface area contributed by atoms with E-state index in [1.807, 2.05) is 12.4 Å². The second kappa shape index (κ2) is 8.22. The van der Waals surface area contributed by atoms with E-state index in [1.54, 1.807) is 0 Å². The quantitative estimate of drug-likeness (QED) is 0.618. The molecule has 3 nitrogen and oxygen atoms in total. The van der Waals surface area contributed by atoms with Crippen LogP contribution >= 0.6 is 0 Å². The molecule has 1 aliphatic rings. The largest absolute Gasteiger partial charge is 0.358 e. The molecule has 1 aromatic heterocycles. The van der Waals surface area contributed by atoms with E-state index in [2.05, 4.69) is 79.3 Å². The van der Waals surface area contributed by atoms with Crippen LogP contribution in [0.2, 0.25) is 0 Å². The Hall–Kier alpha value is -2.91. The van der Waals surface area contributed by atoms with Crippen LogP contribution in [0, 0.1) is 19.8 Å². The van der Waals surface area contributed by atoms with Gasteiger partial charge in [-0.2, -0.15) is 0 Å². The molecule has 1 aliphatic carbocycles. The first kappa shape index (κ1) is 19.4. The fourth-order valence-electron chi connectivity index (χ4n) is 4.46. The van der Waals surface area contributed by atoms with E-state index in [0.717, 1.165) is 30.6 Å². The van der Waals surface area contributed by atoms with E-state index in [9.17, 15) is 0 Å². The summed E-state index contributed by atoms with van der Waals surface area (Å²) in [4.78, 5) is 4.27. The average Bonchev–Trinajstić information content (AvgIpc) is 2.74. The van der Waals surface area contributed by atoms with E-state index in [4.69, 9.17) is 5.73 Å². The molecule has 2 aromatic carbocycles. The lowest BCUT2D eigenvalue weighted by atomic mass is 9.79. The molecule has 0 aliphatic heterocycles. The van der Waals surface area contributed by atoms with Crippen molar-refractivity contribution in [1.82, 2.24) is 4.98 Å². The number of rotatable bonds is 5. The highest BCUT2D eigenvalue weighted by Crippen LogP contribution is 2.30. The molecule has 0 bridgehead atoms. The van der Waals surface area contributed by atoms with Gasteiger partial charge in [-0.05, 0) is 84.5 Å². The third-order valence-electron chi connectivity index (χ3n) is 6.10. The molecule has 0 saturated heterocycles. The Labute approximate surface area is 173 Å². The van der Waals surface area contributed by atoms with Crippen LogP contribution in [-0.2, 0) is 12.8 Å². The van der Waals surface area contributed by atoms with Crippen LogP contribution in [0.25, 0.3) is 11.1 Å². The van der Waals surface area contributed by atoms with Crippen molar-refractivity contribution in [2.24, 2.45) is 11.7 Å². The summed E-state index contributed by atoms with van der Waals surface area (Å²) in [5, 5.41) is 3.44. The Balaban J connectivity index is 1.43. The van der Waals surface area contributed by atoms with E-state index < -0.39 is 0 Å². The molecule has 3 aromatic rings. The van der Waals surface area contributed by atoms with Gasteiger partial charge in [0, 0.05) is 29.8 Å². The molecular weight excluding hydrogens is 354 g/mol. The standard InChI is InChI=1S/C26H29N3/c1-17-15-28-16-18(2)25(17)21-10-12-24(13-11-21)29-19(3)26(27)23-9-8-20-6-4-5-7-22(20)14-23/h4-7,10-13,15-16,23,26,29H,3,8-9,14,27H2,1-2H3. The van der Waals surface area contributed by atoms with Gasteiger partial charge in [0.15, 0.2) is 0 Å². The molecule has 0 amide bonds. The van der Waals surface area contributed by atoms with Crippen LogP contribution in [0.1, 0.15) is 28.7 Å². The van der Waals surface area contributed by atoms with Gasteiger partial charge in [0.25, 0.3) is 0 Å². The summed E-state index contributed by atoms with van der Waals surface area (Å²) >= 11 is 0. The molecule has 4 rings (SSSR count). The zero-order valence-electron chi connectivity index (χ0n) is 17.3. The summed E-state index contributed by atoms with van der Waals surface area (Å²) in [6, 6.07) is 17.1. The van der Waals surface area contributed by atoms with E-state index >= 15 is 0 Å². The van der Waals surface area contributed by atoms with Gasteiger partial charge in [0.05, 0.1) is 0 Å². The maximum Gasteiger partial charge on any atom is 0.0473 e. The Bertz CT molecular complexity index is 1000. The summed E-state index contributed by atoms with van der Waals surface area (Å²) in [6.45, 7) is 8.45. The van der Waals surface area contributed by atoms with Gasteiger partial charge in [0.2, 0.25) is 0 Å². The number of hydrogen-bond donors (Lipinski definition) is 2. The Morgan fingerprint density at radius 1 is 1.03 bits per heavy atom. The molecule has 148 valence electrons. The average molecular weight is 384 g/mol. The summed E-state index contributed by atoms with van der Waals surface area (Å²) in [6.07, 6.45) is 7.06. The topological polar surface area (TPSA) is 50.9 Å². The maximum absolute atomic E-state index is 6.59. The Morgan fingerprint density at radius 2 is 1.69 bits per heavy atom. The van der Waals surface area contributed by atoms with Crippen molar-refractivity contribution in [3.63, 3.8) is 0 Å². The third kappa shape index (κ3) is 4.10. The fourth-order valence-corrected chi connectivity index (χ4v) is 4.46. The Kier molecular flexibility index (Phi) is 5.50. The van der Waals surface area contributed by atoms with Crippen LogP contribution < -0.4 is 11.1 Å². The first-order chi connectivity index (χ1) is 14.0. The van der Waals surface area contributed by atoms with Gasteiger partial charge in [-0.25, -0.2) is 0 Å². The number of aromatic nitrogens is 1. The lowest BCUT2D eigenvalue weighted by Crippen LogP contribution is -2.37. The monoisotopic (exact) mass is 383 g/mol. The molecule has 0 radical (unpaired) electrons. The van der Waals surface area contributed by atoms with Crippen LogP contribution in [0.5, 0.6) is 0 Å². The highest BCUT2D eigenvalue weighted by molar-refractivity contribution is 5.71. The number of hydrogen-bond acceptors (Lipinski definition) is 3. The number of nitrogens with two attached hydrogens (primary N) is 1. The number of pyridine rings is 1.